The lowest BCUT2D eigenvalue weighted by Gasteiger charge is -2.19. The highest BCUT2D eigenvalue weighted by Gasteiger charge is 2.06. The lowest BCUT2D eigenvalue weighted by molar-refractivity contribution is 0.296. The molecule has 0 bridgehead atoms. The summed E-state index contributed by atoms with van der Waals surface area (Å²) in [7, 11) is 0. The fourth-order valence-electron chi connectivity index (χ4n) is 3.11. The van der Waals surface area contributed by atoms with Crippen LogP contribution in [0.2, 0.25) is 0 Å². The van der Waals surface area contributed by atoms with Crippen molar-refractivity contribution in [3.63, 3.8) is 0 Å². The summed E-state index contributed by atoms with van der Waals surface area (Å²) in [4.78, 5) is 4.91. The zero-order valence-corrected chi connectivity index (χ0v) is 15.8. The van der Waals surface area contributed by atoms with Crippen molar-refractivity contribution in [3.05, 3.63) is 59.7 Å². The smallest absolute Gasteiger partial charge is 0.0233 e. The highest BCUT2D eigenvalue weighted by atomic mass is 15.1. The molecule has 0 aromatic heterocycles. The van der Waals surface area contributed by atoms with Crippen molar-refractivity contribution in [1.29, 1.82) is 0 Å². The van der Waals surface area contributed by atoms with Gasteiger partial charge in [-0.15, -0.1) is 0 Å². The van der Waals surface area contributed by atoms with Gasteiger partial charge in [-0.25, -0.2) is 0 Å². The van der Waals surface area contributed by atoms with E-state index in [-0.39, 0.29) is 0 Å². The molecule has 0 amide bonds. The molecule has 0 saturated carbocycles. The van der Waals surface area contributed by atoms with Crippen molar-refractivity contribution in [3.8, 4) is 11.1 Å². The Morgan fingerprint density at radius 1 is 0.583 bits per heavy atom. The molecule has 0 N–H and O–H groups in total. The molecule has 2 heteroatoms. The first-order valence-electron chi connectivity index (χ1n) is 9.33. The van der Waals surface area contributed by atoms with Crippen LogP contribution in [0, 0.1) is 0 Å². The van der Waals surface area contributed by atoms with Gasteiger partial charge in [0.05, 0.1) is 0 Å². The Morgan fingerprint density at radius 2 is 0.958 bits per heavy atom. The van der Waals surface area contributed by atoms with Crippen molar-refractivity contribution < 1.29 is 0 Å². The maximum absolute atomic E-state index is 2.45. The van der Waals surface area contributed by atoms with Crippen LogP contribution in [-0.2, 0) is 13.1 Å². The molecular formula is C22H32N2. The molecule has 24 heavy (non-hydrogen) atoms. The minimum Gasteiger partial charge on any atom is -0.300 e. The van der Waals surface area contributed by atoms with Crippen molar-refractivity contribution in [2.24, 2.45) is 0 Å². The van der Waals surface area contributed by atoms with Crippen molar-refractivity contribution >= 4 is 0 Å². The number of hydrogen-bond acceptors (Lipinski definition) is 2. The molecule has 2 aromatic carbocycles. The number of rotatable bonds is 9. The van der Waals surface area contributed by atoms with Gasteiger partial charge in [0.25, 0.3) is 0 Å². The number of hydrogen-bond donors (Lipinski definition) is 0. The summed E-state index contributed by atoms with van der Waals surface area (Å²) in [5.41, 5.74) is 5.43. The Hall–Kier alpha value is -1.64. The van der Waals surface area contributed by atoms with Gasteiger partial charge in [-0.05, 0) is 60.6 Å². The lowest BCUT2D eigenvalue weighted by atomic mass is 10.0. The van der Waals surface area contributed by atoms with Gasteiger partial charge in [0.1, 0.15) is 0 Å². The Labute approximate surface area is 148 Å². The minimum absolute atomic E-state index is 1.03. The molecule has 0 aliphatic rings. The summed E-state index contributed by atoms with van der Waals surface area (Å²) in [6, 6.07) is 18.0. The van der Waals surface area contributed by atoms with E-state index in [2.05, 4.69) is 86.0 Å². The lowest BCUT2D eigenvalue weighted by Crippen LogP contribution is -2.22. The first kappa shape index (κ1) is 18.7. The van der Waals surface area contributed by atoms with Crippen LogP contribution in [0.25, 0.3) is 11.1 Å². The molecule has 2 rings (SSSR count). The van der Waals surface area contributed by atoms with Gasteiger partial charge in [-0.3, -0.25) is 9.80 Å². The molecule has 0 aliphatic heterocycles. The molecule has 2 nitrogen and oxygen atoms in total. The van der Waals surface area contributed by atoms with Crippen molar-refractivity contribution in [2.45, 2.75) is 40.8 Å². The van der Waals surface area contributed by atoms with Gasteiger partial charge >= 0.3 is 0 Å². The van der Waals surface area contributed by atoms with E-state index in [0.29, 0.717) is 0 Å². The quantitative estimate of drug-likeness (QED) is 0.638. The molecule has 0 fully saturated rings. The molecule has 130 valence electrons. The van der Waals surface area contributed by atoms with Crippen LogP contribution in [-0.4, -0.2) is 36.0 Å². The van der Waals surface area contributed by atoms with Crippen LogP contribution < -0.4 is 0 Å². The van der Waals surface area contributed by atoms with Gasteiger partial charge in [0.2, 0.25) is 0 Å². The van der Waals surface area contributed by atoms with Gasteiger partial charge < -0.3 is 0 Å². The first-order valence-corrected chi connectivity index (χ1v) is 9.33. The van der Waals surface area contributed by atoms with Crippen molar-refractivity contribution in [1.82, 2.24) is 9.80 Å². The van der Waals surface area contributed by atoms with Crippen molar-refractivity contribution in [2.75, 3.05) is 26.2 Å². The number of nitrogens with zero attached hydrogens (tertiary/aromatic N) is 2. The van der Waals surface area contributed by atoms with Crippen LogP contribution >= 0.6 is 0 Å². The van der Waals surface area contributed by atoms with Crippen LogP contribution in [0.3, 0.4) is 0 Å². The molecule has 0 radical (unpaired) electrons. The highest BCUT2D eigenvalue weighted by Crippen LogP contribution is 2.23. The summed E-state index contributed by atoms with van der Waals surface area (Å²) in [6.45, 7) is 15.3. The predicted octanol–water partition coefficient (Wildman–Crippen LogP) is 5.04. The summed E-state index contributed by atoms with van der Waals surface area (Å²) < 4.78 is 0. The number of benzene rings is 2. The van der Waals surface area contributed by atoms with E-state index in [1.165, 1.54) is 22.3 Å². The third-order valence-corrected chi connectivity index (χ3v) is 4.79. The maximum atomic E-state index is 2.45. The minimum atomic E-state index is 1.03. The third-order valence-electron chi connectivity index (χ3n) is 4.79. The van der Waals surface area contributed by atoms with Crippen LogP contribution in [0.15, 0.2) is 48.5 Å². The second-order valence-electron chi connectivity index (χ2n) is 6.32. The third kappa shape index (κ3) is 5.19. The van der Waals surface area contributed by atoms with E-state index < -0.39 is 0 Å². The topological polar surface area (TPSA) is 6.48 Å². The average Bonchev–Trinajstić information content (AvgIpc) is 2.64. The average molecular weight is 325 g/mol. The maximum Gasteiger partial charge on any atom is 0.0233 e. The standard InChI is InChI=1S/C22H32N2/c1-5-23(6-2)17-19-11-9-13-21(15-19)22-14-10-12-20(16-22)18-24(7-3)8-4/h9-16H,5-8,17-18H2,1-4H3. The summed E-state index contributed by atoms with van der Waals surface area (Å²) in [5.74, 6) is 0. The van der Waals surface area contributed by atoms with E-state index >= 15 is 0 Å². The van der Waals surface area contributed by atoms with Crippen LogP contribution in [0.1, 0.15) is 38.8 Å². The zero-order chi connectivity index (χ0) is 17.4. The van der Waals surface area contributed by atoms with E-state index in [4.69, 9.17) is 0 Å². The molecular weight excluding hydrogens is 292 g/mol. The second kappa shape index (κ2) is 9.61. The fraction of sp³-hybridized carbons (Fsp3) is 0.455. The summed E-state index contributed by atoms with van der Waals surface area (Å²) >= 11 is 0. The molecule has 0 saturated heterocycles. The largest absolute Gasteiger partial charge is 0.300 e. The molecule has 2 aromatic rings. The Morgan fingerprint density at radius 3 is 1.29 bits per heavy atom. The van der Waals surface area contributed by atoms with E-state index in [0.717, 1.165) is 39.3 Å². The van der Waals surface area contributed by atoms with Crippen LogP contribution in [0.5, 0.6) is 0 Å². The van der Waals surface area contributed by atoms with E-state index in [1.807, 2.05) is 0 Å². The Bertz CT molecular complexity index is 557. The Balaban J connectivity index is 2.19. The monoisotopic (exact) mass is 324 g/mol. The normalized spacial score (nSPS) is 11.4. The summed E-state index contributed by atoms with van der Waals surface area (Å²) in [6.07, 6.45) is 0. The van der Waals surface area contributed by atoms with E-state index in [9.17, 15) is 0 Å². The first-order chi connectivity index (χ1) is 11.7. The molecule has 0 spiro atoms. The van der Waals surface area contributed by atoms with Gasteiger partial charge in [-0.1, -0.05) is 64.1 Å². The predicted molar refractivity (Wildman–Crippen MR) is 105 cm³/mol. The van der Waals surface area contributed by atoms with Gasteiger partial charge in [0, 0.05) is 13.1 Å². The highest BCUT2D eigenvalue weighted by molar-refractivity contribution is 5.64. The zero-order valence-electron chi connectivity index (χ0n) is 15.8. The van der Waals surface area contributed by atoms with E-state index in [1.54, 1.807) is 0 Å². The molecule has 0 atom stereocenters. The van der Waals surface area contributed by atoms with Crippen LogP contribution in [0.4, 0.5) is 0 Å². The fourth-order valence-corrected chi connectivity index (χ4v) is 3.11. The molecule has 0 unspecified atom stereocenters. The molecule has 0 heterocycles. The Kier molecular flexibility index (Phi) is 7.48. The molecule has 0 aliphatic carbocycles. The van der Waals surface area contributed by atoms with Gasteiger partial charge in [0.15, 0.2) is 0 Å². The summed E-state index contributed by atoms with van der Waals surface area (Å²) in [5, 5.41) is 0. The van der Waals surface area contributed by atoms with Gasteiger partial charge in [-0.2, -0.15) is 0 Å². The second-order valence-corrected chi connectivity index (χ2v) is 6.32. The SMILES string of the molecule is CCN(CC)Cc1cccc(-c2cccc(CN(CC)CC)c2)c1.